The van der Waals surface area contributed by atoms with Crippen molar-refractivity contribution in [1.82, 2.24) is 30.1 Å². The minimum absolute atomic E-state index is 0.120. The molecule has 0 aliphatic carbocycles. The minimum atomic E-state index is -0.319. The van der Waals surface area contributed by atoms with Crippen LogP contribution in [-0.2, 0) is 16.1 Å². The molecule has 0 bridgehead atoms. The van der Waals surface area contributed by atoms with Gasteiger partial charge in [-0.2, -0.15) is 5.10 Å². The van der Waals surface area contributed by atoms with Crippen LogP contribution < -0.4 is 15.4 Å². The first-order chi connectivity index (χ1) is 17.6. The van der Waals surface area contributed by atoms with Crippen LogP contribution in [0, 0.1) is 0 Å². The summed E-state index contributed by atoms with van der Waals surface area (Å²) >= 11 is 1.32. The number of carbonyl (C=O) groups is 2. The van der Waals surface area contributed by atoms with Gasteiger partial charge in [0.2, 0.25) is 17.6 Å². The molecule has 1 aliphatic rings. The highest BCUT2D eigenvalue weighted by Gasteiger charge is 2.23. The van der Waals surface area contributed by atoms with Crippen LogP contribution >= 0.6 is 11.9 Å². The molecule has 0 fully saturated rings. The van der Waals surface area contributed by atoms with E-state index in [2.05, 4.69) is 30.4 Å². The van der Waals surface area contributed by atoms with Crippen molar-refractivity contribution < 1.29 is 14.0 Å². The number of amides is 2. The standard InChI is InChI=1S/C25H23N7O3S/c1-26-22(33)15-32-14-18(12-29-32)17-7-8-20-21(11-17)36-31-23(30-20)24(34)28-13-19(25-27-9-10-35-25)16-5-3-2-4-6-16/h2-12,14,19H,13,15H2,1H3,(H,26,33)(H,28,34)(H,30,31). The Hall–Kier alpha value is -4.38. The normalized spacial score (nSPS) is 13.2. The lowest BCUT2D eigenvalue weighted by molar-refractivity contribution is -0.121. The third-order valence-electron chi connectivity index (χ3n) is 5.63. The first kappa shape index (κ1) is 23.4. The molecule has 1 aliphatic heterocycles. The summed E-state index contributed by atoms with van der Waals surface area (Å²) < 4.78 is 10.1. The zero-order valence-electron chi connectivity index (χ0n) is 19.3. The fraction of sp³-hybridized carbons (Fsp3) is 0.160. The van der Waals surface area contributed by atoms with Gasteiger partial charge in [0, 0.05) is 25.4 Å². The number of benzene rings is 2. The van der Waals surface area contributed by atoms with Gasteiger partial charge in [0.1, 0.15) is 12.8 Å². The summed E-state index contributed by atoms with van der Waals surface area (Å²) in [4.78, 5) is 34.1. The van der Waals surface area contributed by atoms with Gasteiger partial charge in [-0.25, -0.2) is 9.98 Å². The number of hydrogen-bond acceptors (Lipinski definition) is 8. The summed E-state index contributed by atoms with van der Waals surface area (Å²) in [6.07, 6.45) is 6.64. The van der Waals surface area contributed by atoms with Gasteiger partial charge in [0.05, 0.1) is 28.9 Å². The van der Waals surface area contributed by atoms with Crippen molar-refractivity contribution in [3.05, 3.63) is 84.8 Å². The maximum atomic E-state index is 12.9. The number of aromatic nitrogens is 3. The summed E-state index contributed by atoms with van der Waals surface area (Å²) in [5.41, 5.74) is 3.50. The molecule has 2 aromatic heterocycles. The van der Waals surface area contributed by atoms with Crippen molar-refractivity contribution in [3.8, 4) is 11.1 Å². The molecule has 0 saturated carbocycles. The zero-order valence-corrected chi connectivity index (χ0v) is 20.2. The van der Waals surface area contributed by atoms with Gasteiger partial charge >= 0.3 is 0 Å². The molecule has 10 nitrogen and oxygen atoms in total. The minimum Gasteiger partial charge on any atom is -0.448 e. The number of likely N-dealkylation sites (N-methyl/N-ethyl adjacent to an activating group) is 1. The van der Waals surface area contributed by atoms with E-state index in [1.807, 2.05) is 54.7 Å². The van der Waals surface area contributed by atoms with Crippen LogP contribution in [0.3, 0.4) is 0 Å². The Bertz CT molecular complexity index is 1400. The zero-order chi connectivity index (χ0) is 24.9. The van der Waals surface area contributed by atoms with Gasteiger partial charge in [-0.05, 0) is 35.2 Å². The molecule has 3 heterocycles. The van der Waals surface area contributed by atoms with Gasteiger partial charge < -0.3 is 19.8 Å². The van der Waals surface area contributed by atoms with Gasteiger partial charge in [-0.3, -0.25) is 14.3 Å². The number of aliphatic imine (C=N–C) groups is 1. The molecule has 11 heteroatoms. The summed E-state index contributed by atoms with van der Waals surface area (Å²) in [6, 6.07) is 15.5. The summed E-state index contributed by atoms with van der Waals surface area (Å²) in [6.45, 7) is 0.461. The smallest absolute Gasteiger partial charge is 0.287 e. The molecule has 182 valence electrons. The van der Waals surface area contributed by atoms with Crippen LogP contribution in [0.5, 0.6) is 0 Å². The van der Waals surface area contributed by atoms with Crippen LogP contribution in [0.1, 0.15) is 17.4 Å². The summed E-state index contributed by atoms with van der Waals surface area (Å²) in [5, 5.41) is 9.77. The summed E-state index contributed by atoms with van der Waals surface area (Å²) in [5.74, 6) is 0.0932. The third kappa shape index (κ3) is 5.15. The van der Waals surface area contributed by atoms with Gasteiger partial charge in [-0.15, -0.1) is 0 Å². The predicted octanol–water partition coefficient (Wildman–Crippen LogP) is 2.87. The van der Waals surface area contributed by atoms with Crippen molar-refractivity contribution in [1.29, 1.82) is 0 Å². The van der Waals surface area contributed by atoms with Crippen molar-refractivity contribution in [2.45, 2.75) is 17.4 Å². The molecular formula is C25H23N7O3S. The Morgan fingerprint density at radius 3 is 2.81 bits per heavy atom. The number of oxazole rings is 1. The Kier molecular flexibility index (Phi) is 6.80. The van der Waals surface area contributed by atoms with Crippen LogP contribution in [0.4, 0.5) is 5.69 Å². The Morgan fingerprint density at radius 1 is 1.17 bits per heavy atom. The topological polar surface area (TPSA) is 126 Å². The fourth-order valence-corrected chi connectivity index (χ4v) is 4.50. The number of amidine groups is 1. The van der Waals surface area contributed by atoms with Crippen LogP contribution in [0.2, 0.25) is 0 Å². The van der Waals surface area contributed by atoms with E-state index >= 15 is 0 Å². The van der Waals surface area contributed by atoms with Crippen molar-refractivity contribution >= 4 is 35.3 Å². The van der Waals surface area contributed by atoms with Gasteiger partial charge in [-0.1, -0.05) is 36.4 Å². The molecule has 4 aromatic rings. The third-order valence-corrected chi connectivity index (χ3v) is 6.48. The van der Waals surface area contributed by atoms with E-state index in [1.54, 1.807) is 24.1 Å². The molecule has 0 radical (unpaired) electrons. The molecule has 0 saturated heterocycles. The van der Waals surface area contributed by atoms with E-state index in [4.69, 9.17) is 4.42 Å². The average Bonchev–Trinajstić information content (AvgIpc) is 3.61. The van der Waals surface area contributed by atoms with E-state index in [0.717, 1.165) is 21.6 Å². The maximum Gasteiger partial charge on any atom is 0.287 e. The number of hydrogen-bond donors (Lipinski definition) is 3. The molecular weight excluding hydrogens is 478 g/mol. The lowest BCUT2D eigenvalue weighted by Gasteiger charge is -2.19. The van der Waals surface area contributed by atoms with Gasteiger partial charge in [0.15, 0.2) is 0 Å². The lowest BCUT2D eigenvalue weighted by atomic mass is 9.99. The maximum absolute atomic E-state index is 12.9. The van der Waals surface area contributed by atoms with Crippen LogP contribution in [-0.4, -0.2) is 46.0 Å². The molecule has 2 aromatic carbocycles. The Labute approximate surface area is 211 Å². The first-order valence-corrected chi connectivity index (χ1v) is 12.0. The molecule has 2 amide bonds. The SMILES string of the molecule is CNC(=O)Cn1cc(-c2ccc3c(c2)SNC(C(=O)NCC(c2ccccc2)c2ncco2)=N3)cn1. The fourth-order valence-electron chi connectivity index (χ4n) is 3.75. The van der Waals surface area contributed by atoms with E-state index in [0.29, 0.717) is 18.1 Å². The quantitative estimate of drug-likeness (QED) is 0.317. The molecule has 1 atom stereocenters. The Balaban J connectivity index is 1.28. The average molecular weight is 502 g/mol. The first-order valence-electron chi connectivity index (χ1n) is 11.2. The second-order valence-electron chi connectivity index (χ2n) is 7.99. The van der Waals surface area contributed by atoms with Crippen LogP contribution in [0.15, 0.2) is 87.7 Å². The van der Waals surface area contributed by atoms with Crippen molar-refractivity contribution in [2.75, 3.05) is 13.6 Å². The highest BCUT2D eigenvalue weighted by molar-refractivity contribution is 7.98. The van der Waals surface area contributed by atoms with Crippen LogP contribution in [0.25, 0.3) is 11.1 Å². The van der Waals surface area contributed by atoms with Gasteiger partial charge in [0.25, 0.3) is 5.91 Å². The largest absolute Gasteiger partial charge is 0.448 e. The molecule has 0 spiro atoms. The Morgan fingerprint density at radius 2 is 2.03 bits per heavy atom. The second-order valence-corrected chi connectivity index (χ2v) is 8.84. The number of fused-ring (bicyclic) bond motifs is 1. The highest BCUT2D eigenvalue weighted by atomic mass is 32.2. The number of nitrogens with one attached hydrogen (secondary N) is 3. The van der Waals surface area contributed by atoms with Crippen molar-refractivity contribution in [3.63, 3.8) is 0 Å². The molecule has 5 rings (SSSR count). The lowest BCUT2D eigenvalue weighted by Crippen LogP contribution is -2.40. The summed E-state index contributed by atoms with van der Waals surface area (Å²) in [7, 11) is 1.59. The molecule has 36 heavy (non-hydrogen) atoms. The number of rotatable bonds is 8. The van der Waals surface area contributed by atoms with Crippen molar-refractivity contribution in [2.24, 2.45) is 4.99 Å². The van der Waals surface area contributed by atoms with E-state index in [1.165, 1.54) is 18.2 Å². The number of carbonyl (C=O) groups excluding carboxylic acids is 2. The predicted molar refractivity (Wildman–Crippen MR) is 136 cm³/mol. The monoisotopic (exact) mass is 501 g/mol. The molecule has 3 N–H and O–H groups in total. The number of nitrogens with zero attached hydrogens (tertiary/aromatic N) is 4. The van der Waals surface area contributed by atoms with E-state index in [-0.39, 0.29) is 30.1 Å². The highest BCUT2D eigenvalue weighted by Crippen LogP contribution is 2.35. The van der Waals surface area contributed by atoms with E-state index < -0.39 is 0 Å². The molecule has 1 unspecified atom stereocenters. The van der Waals surface area contributed by atoms with E-state index in [9.17, 15) is 9.59 Å². The second kappa shape index (κ2) is 10.5.